The predicted molar refractivity (Wildman–Crippen MR) is 105 cm³/mol. The van der Waals surface area contributed by atoms with Crippen molar-refractivity contribution < 1.29 is 56.3 Å². The number of anilines is 1. The number of nitrogens with two attached hydrogens (primary N) is 1. The molecule has 1 saturated heterocycles. The molecule has 0 aromatic carbocycles. The number of hydrogen-bond donors (Lipinski definition) is 6. The van der Waals surface area contributed by atoms with E-state index in [0.29, 0.717) is 5.52 Å². The van der Waals surface area contributed by atoms with Gasteiger partial charge in [-0.15, -0.1) is 0 Å². The van der Waals surface area contributed by atoms with Crippen molar-refractivity contribution in [3.8, 4) is 6.07 Å². The first-order valence-electron chi connectivity index (χ1n) is 8.75. The van der Waals surface area contributed by atoms with Crippen LogP contribution in [0.2, 0.25) is 0 Å². The van der Waals surface area contributed by atoms with Crippen molar-refractivity contribution in [2.24, 2.45) is 5.92 Å². The predicted octanol–water partition coefficient (Wildman–Crippen LogP) is -0.231. The Bertz CT molecular complexity index is 1240. The van der Waals surface area contributed by atoms with Gasteiger partial charge in [0.25, 0.3) is 0 Å². The van der Waals surface area contributed by atoms with Gasteiger partial charge in [0.05, 0.1) is 18.4 Å². The van der Waals surface area contributed by atoms with Crippen molar-refractivity contribution >= 4 is 34.8 Å². The van der Waals surface area contributed by atoms with Gasteiger partial charge in [-0.1, -0.05) is 6.92 Å². The minimum atomic E-state index is -5.71. The van der Waals surface area contributed by atoms with Crippen LogP contribution >= 0.6 is 23.5 Å². The van der Waals surface area contributed by atoms with Crippen LogP contribution in [-0.2, 0) is 37.2 Å². The molecule has 3 heterocycles. The molecule has 1 aliphatic rings. The van der Waals surface area contributed by atoms with Crippen molar-refractivity contribution in [1.29, 1.82) is 5.26 Å². The third-order valence-electron chi connectivity index (χ3n) is 4.72. The Kier molecular flexibility index (Phi) is 6.89. The number of aromatic nitrogens is 3. The molecule has 33 heavy (non-hydrogen) atoms. The lowest BCUT2D eigenvalue weighted by Gasteiger charge is -2.25. The second kappa shape index (κ2) is 8.79. The number of phosphoric ester groups is 1. The lowest BCUT2D eigenvalue weighted by Crippen LogP contribution is -2.34. The maximum absolute atomic E-state index is 11.9. The SMILES string of the molecule is C[C@H]1[C@H](O)[C@@H](COP(=O)(O)OP(=O)(O)OP(=O)(O)O)O[C@@]1(C#N)c1ccc2c(N)ncnn12. The Labute approximate surface area is 184 Å². The van der Waals surface area contributed by atoms with Crippen LogP contribution in [0.4, 0.5) is 5.82 Å². The molecule has 2 unspecified atom stereocenters. The van der Waals surface area contributed by atoms with Gasteiger partial charge in [-0.25, -0.2) is 23.2 Å². The van der Waals surface area contributed by atoms with Gasteiger partial charge in [-0.05, 0) is 12.1 Å². The highest BCUT2D eigenvalue weighted by atomic mass is 31.3. The van der Waals surface area contributed by atoms with Gasteiger partial charge < -0.3 is 35.2 Å². The number of nitrogens with zero attached hydrogens (tertiary/aromatic N) is 4. The average Bonchev–Trinajstić information content (AvgIpc) is 3.20. The average molecular weight is 529 g/mol. The van der Waals surface area contributed by atoms with E-state index in [1.165, 1.54) is 23.6 Å². The number of hydrogen-bond acceptors (Lipinski definition) is 12. The van der Waals surface area contributed by atoms with Gasteiger partial charge >= 0.3 is 23.5 Å². The van der Waals surface area contributed by atoms with Crippen LogP contribution in [0.15, 0.2) is 18.5 Å². The summed E-state index contributed by atoms with van der Waals surface area (Å²) in [5, 5.41) is 24.5. The van der Waals surface area contributed by atoms with E-state index in [2.05, 4.69) is 23.2 Å². The Morgan fingerprint density at radius 3 is 2.52 bits per heavy atom. The van der Waals surface area contributed by atoms with Crippen molar-refractivity contribution in [3.63, 3.8) is 0 Å². The normalized spacial score (nSPS) is 29.4. The molecule has 6 atom stereocenters. The van der Waals surface area contributed by atoms with Crippen LogP contribution in [-0.4, -0.2) is 58.1 Å². The number of aliphatic hydroxyl groups excluding tert-OH is 1. The monoisotopic (exact) mass is 529 g/mol. The third kappa shape index (κ3) is 5.33. The van der Waals surface area contributed by atoms with Crippen molar-refractivity contribution in [2.75, 3.05) is 12.3 Å². The van der Waals surface area contributed by atoms with E-state index in [1.807, 2.05) is 6.07 Å². The molecule has 1 aliphatic heterocycles. The Hall–Kier alpha value is -1.76. The fourth-order valence-corrected chi connectivity index (χ4v) is 6.32. The van der Waals surface area contributed by atoms with Gasteiger partial charge in [0.1, 0.15) is 24.0 Å². The summed E-state index contributed by atoms with van der Waals surface area (Å²) in [6, 6.07) is 4.94. The summed E-state index contributed by atoms with van der Waals surface area (Å²) in [4.78, 5) is 39.7. The van der Waals surface area contributed by atoms with Crippen LogP contribution in [0.25, 0.3) is 5.52 Å². The summed E-state index contributed by atoms with van der Waals surface area (Å²) in [6.45, 7) is 0.529. The molecule has 0 bridgehead atoms. The lowest BCUT2D eigenvalue weighted by molar-refractivity contribution is -0.0536. The van der Waals surface area contributed by atoms with E-state index in [0.717, 1.165) is 6.33 Å². The summed E-state index contributed by atoms with van der Waals surface area (Å²) < 4.78 is 52.8. The fraction of sp³-hybridized carbons (Fsp3) is 0.462. The summed E-state index contributed by atoms with van der Waals surface area (Å²) in [5.74, 6) is -0.828. The molecule has 0 saturated carbocycles. The highest BCUT2D eigenvalue weighted by Crippen LogP contribution is 2.66. The quantitative estimate of drug-likeness (QED) is 0.241. The zero-order chi connectivity index (χ0) is 24.8. The maximum Gasteiger partial charge on any atom is 0.490 e. The van der Waals surface area contributed by atoms with Gasteiger partial charge in [-0.2, -0.15) is 19.0 Å². The van der Waals surface area contributed by atoms with Gasteiger partial charge in [0.15, 0.2) is 5.82 Å². The zero-order valence-electron chi connectivity index (χ0n) is 16.5. The molecule has 182 valence electrons. The second-order valence-electron chi connectivity index (χ2n) is 6.83. The minimum Gasteiger partial charge on any atom is -0.390 e. The smallest absolute Gasteiger partial charge is 0.390 e. The van der Waals surface area contributed by atoms with E-state index >= 15 is 0 Å². The van der Waals surface area contributed by atoms with Crippen molar-refractivity contribution in [1.82, 2.24) is 14.6 Å². The molecule has 2 aromatic rings. The van der Waals surface area contributed by atoms with E-state index in [4.69, 9.17) is 20.3 Å². The standard InChI is InChI=1S/C13H18N5O12P3/c1-7-11(19)9(4-27-32(23,24)30-33(25,26)29-31(20,21)22)28-13(7,5-14)10-3-2-8-12(15)16-6-17-18(8)10/h2-3,6-7,9,11,19H,4H2,1H3,(H,23,24)(H,25,26)(H2,15,16,17)(H2,20,21,22)/t7-,9+,11-,13+/m0/s1. The first-order chi connectivity index (χ1) is 15.1. The number of fused-ring (bicyclic) bond motifs is 1. The molecule has 17 nitrogen and oxygen atoms in total. The van der Waals surface area contributed by atoms with Gasteiger partial charge in [0, 0.05) is 5.92 Å². The molecular weight excluding hydrogens is 511 g/mol. The molecular formula is C13H18N5O12P3. The van der Waals surface area contributed by atoms with Crippen molar-refractivity contribution in [2.45, 2.75) is 24.7 Å². The molecule has 20 heteroatoms. The third-order valence-corrected chi connectivity index (χ3v) is 8.52. The highest BCUT2D eigenvalue weighted by molar-refractivity contribution is 7.66. The van der Waals surface area contributed by atoms with Gasteiger partial charge in [-0.3, -0.25) is 4.52 Å². The topological polar surface area (TPSA) is 269 Å². The first kappa shape index (κ1) is 25.9. The van der Waals surface area contributed by atoms with Crippen LogP contribution in [0.3, 0.4) is 0 Å². The Morgan fingerprint density at radius 2 is 1.91 bits per heavy atom. The van der Waals surface area contributed by atoms with Crippen molar-refractivity contribution in [3.05, 3.63) is 24.2 Å². The largest absolute Gasteiger partial charge is 0.490 e. The molecule has 0 amide bonds. The molecule has 0 radical (unpaired) electrons. The number of nitrogen functional groups attached to an aromatic ring is 1. The van der Waals surface area contributed by atoms with Crippen LogP contribution in [0.5, 0.6) is 0 Å². The number of aliphatic hydroxyl groups is 1. The van der Waals surface area contributed by atoms with Gasteiger partial charge in [0.2, 0.25) is 5.60 Å². The number of phosphoric acid groups is 3. The van der Waals surface area contributed by atoms with E-state index in [9.17, 15) is 33.9 Å². The summed E-state index contributed by atoms with van der Waals surface area (Å²) in [6.07, 6.45) is -1.73. The van der Waals surface area contributed by atoms with E-state index < -0.39 is 53.8 Å². The summed E-state index contributed by atoms with van der Waals surface area (Å²) >= 11 is 0. The fourth-order valence-electron chi connectivity index (χ4n) is 3.29. The van der Waals surface area contributed by atoms with Crippen LogP contribution in [0, 0.1) is 17.2 Å². The lowest BCUT2D eigenvalue weighted by atomic mass is 9.85. The van der Waals surface area contributed by atoms with Crippen LogP contribution in [0.1, 0.15) is 12.6 Å². The molecule has 0 spiro atoms. The number of nitriles is 1. The Morgan fingerprint density at radius 1 is 1.24 bits per heavy atom. The maximum atomic E-state index is 11.9. The number of ether oxygens (including phenoxy) is 1. The Balaban J connectivity index is 1.80. The molecule has 0 aliphatic carbocycles. The summed E-state index contributed by atoms with van der Waals surface area (Å²) in [5.41, 5.74) is 4.48. The molecule has 1 fully saturated rings. The minimum absolute atomic E-state index is 0.111. The molecule has 3 rings (SSSR count). The zero-order valence-corrected chi connectivity index (χ0v) is 19.2. The second-order valence-corrected chi connectivity index (χ2v) is 11.3. The van der Waals surface area contributed by atoms with Crippen LogP contribution < -0.4 is 5.73 Å². The number of rotatable bonds is 8. The highest BCUT2D eigenvalue weighted by Gasteiger charge is 2.56. The van der Waals surface area contributed by atoms with E-state index in [-0.39, 0.29) is 11.5 Å². The van der Waals surface area contributed by atoms with E-state index in [1.54, 1.807) is 0 Å². The molecule has 7 N–H and O–H groups in total. The molecule has 2 aromatic heterocycles. The first-order valence-corrected chi connectivity index (χ1v) is 13.3. The summed E-state index contributed by atoms with van der Waals surface area (Å²) in [7, 11) is -16.7.